The topological polar surface area (TPSA) is 55.8 Å². The minimum absolute atomic E-state index is 0.275. The van der Waals surface area contributed by atoms with Gasteiger partial charge in [0.25, 0.3) is 0 Å². The number of ether oxygens (including phenoxy) is 1. The van der Waals surface area contributed by atoms with Crippen LogP contribution in [0.1, 0.15) is 23.6 Å². The third-order valence-electron chi connectivity index (χ3n) is 3.83. The number of hydrogen-bond donors (Lipinski definition) is 0. The zero-order valence-corrected chi connectivity index (χ0v) is 14.3. The van der Waals surface area contributed by atoms with Crippen molar-refractivity contribution in [2.45, 2.75) is 24.6 Å². The van der Waals surface area contributed by atoms with Gasteiger partial charge >= 0.3 is 6.36 Å². The Hall–Kier alpha value is -2.10. The van der Waals surface area contributed by atoms with Crippen LogP contribution in [0.2, 0.25) is 0 Å². The smallest absolute Gasteiger partial charge is 0.406 e. The molecule has 0 radical (unpaired) electrons. The maximum absolute atomic E-state index is 12.7. The Morgan fingerprint density at radius 2 is 1.73 bits per heavy atom. The third kappa shape index (κ3) is 4.54. The number of hydrogen-bond acceptors (Lipinski definition) is 4. The third-order valence-corrected chi connectivity index (χ3v) is 5.44. The van der Waals surface area contributed by atoms with Crippen molar-refractivity contribution in [2.75, 3.05) is 6.61 Å². The van der Waals surface area contributed by atoms with Crippen molar-refractivity contribution >= 4 is 10.0 Å². The summed E-state index contributed by atoms with van der Waals surface area (Å²) in [6.07, 6.45) is -4.26. The van der Waals surface area contributed by atoms with E-state index in [0.29, 0.717) is 12.0 Å². The van der Waals surface area contributed by atoms with E-state index in [1.165, 1.54) is 12.1 Å². The largest absolute Gasteiger partial charge is 0.573 e. The average molecular weight is 387 g/mol. The highest BCUT2D eigenvalue weighted by molar-refractivity contribution is 7.88. The summed E-state index contributed by atoms with van der Waals surface area (Å²) in [6, 6.07) is 13.4. The van der Waals surface area contributed by atoms with Crippen molar-refractivity contribution < 1.29 is 31.2 Å². The van der Waals surface area contributed by atoms with Gasteiger partial charge in [-0.25, -0.2) is 8.42 Å². The number of sulfonamides is 1. The van der Waals surface area contributed by atoms with E-state index in [-0.39, 0.29) is 12.4 Å². The van der Waals surface area contributed by atoms with Gasteiger partial charge in [-0.05, 0) is 29.7 Å². The molecular formula is C17H16F3NO4S. The lowest BCUT2D eigenvalue weighted by atomic mass is 10.1. The van der Waals surface area contributed by atoms with E-state index in [0.717, 1.165) is 22.2 Å². The molecular weight excluding hydrogens is 371 g/mol. The van der Waals surface area contributed by atoms with Crippen LogP contribution in [0.3, 0.4) is 0 Å². The monoisotopic (exact) mass is 387 g/mol. The van der Waals surface area contributed by atoms with Gasteiger partial charge in [-0.2, -0.15) is 0 Å². The molecule has 1 saturated heterocycles. The lowest BCUT2D eigenvalue weighted by molar-refractivity contribution is -0.274. The highest BCUT2D eigenvalue weighted by Crippen LogP contribution is 2.34. The van der Waals surface area contributed by atoms with Crippen molar-refractivity contribution in [3.05, 3.63) is 65.7 Å². The number of alkyl halides is 3. The Labute approximate surface area is 149 Å². The molecule has 2 aromatic carbocycles. The number of halogens is 3. The number of hydroxylamine groups is 1. The minimum atomic E-state index is -4.79. The predicted octanol–water partition coefficient (Wildman–Crippen LogP) is 3.79. The lowest BCUT2D eigenvalue weighted by Crippen LogP contribution is -2.30. The molecule has 1 aliphatic heterocycles. The fraction of sp³-hybridized carbons (Fsp3) is 0.294. The van der Waals surface area contributed by atoms with Gasteiger partial charge in [-0.15, -0.1) is 13.2 Å². The Kier molecular flexibility index (Phi) is 5.22. The van der Waals surface area contributed by atoms with E-state index in [1.807, 2.05) is 30.3 Å². The zero-order valence-electron chi connectivity index (χ0n) is 13.5. The van der Waals surface area contributed by atoms with Crippen LogP contribution in [-0.2, 0) is 20.6 Å². The number of rotatable bonds is 5. The standard InChI is InChI=1S/C17H16F3NO4S/c18-17(19,20)25-15-8-6-13(7-9-15)12-26(22,23)21-16(10-11-24-21)14-4-2-1-3-5-14/h1-9,16H,10-12H2/t16-/m0/s1. The molecule has 1 aliphatic rings. The summed E-state index contributed by atoms with van der Waals surface area (Å²) >= 11 is 0. The van der Waals surface area contributed by atoms with E-state index < -0.39 is 28.2 Å². The van der Waals surface area contributed by atoms with Crippen molar-refractivity contribution in [1.82, 2.24) is 4.47 Å². The van der Waals surface area contributed by atoms with E-state index in [2.05, 4.69) is 4.74 Å². The van der Waals surface area contributed by atoms with Gasteiger partial charge in [0.1, 0.15) is 5.75 Å². The van der Waals surface area contributed by atoms with Crippen molar-refractivity contribution in [1.29, 1.82) is 0 Å². The highest BCUT2D eigenvalue weighted by Gasteiger charge is 2.37. The molecule has 3 rings (SSSR count). The Morgan fingerprint density at radius 3 is 2.35 bits per heavy atom. The molecule has 0 amide bonds. The second kappa shape index (κ2) is 7.26. The van der Waals surface area contributed by atoms with Crippen LogP contribution < -0.4 is 4.74 Å². The summed E-state index contributed by atoms with van der Waals surface area (Å²) < 4.78 is 66.7. The molecule has 0 saturated carbocycles. The molecule has 0 bridgehead atoms. The Balaban J connectivity index is 1.74. The molecule has 1 heterocycles. The normalized spacial score (nSPS) is 18.8. The van der Waals surface area contributed by atoms with Crippen LogP contribution in [0.25, 0.3) is 0 Å². The summed E-state index contributed by atoms with van der Waals surface area (Å²) in [5.74, 6) is -0.791. The molecule has 1 atom stereocenters. The average Bonchev–Trinajstić information content (AvgIpc) is 3.07. The highest BCUT2D eigenvalue weighted by atomic mass is 32.2. The molecule has 0 spiro atoms. The lowest BCUT2D eigenvalue weighted by Gasteiger charge is -2.22. The van der Waals surface area contributed by atoms with Gasteiger partial charge in [0.05, 0.1) is 18.4 Å². The van der Waals surface area contributed by atoms with Crippen LogP contribution in [0, 0.1) is 0 Å². The maximum atomic E-state index is 12.7. The SMILES string of the molecule is O=S(=O)(Cc1ccc(OC(F)(F)F)cc1)N1OCC[C@H]1c1ccccc1. The van der Waals surface area contributed by atoms with Gasteiger partial charge in [-0.1, -0.05) is 46.9 Å². The Morgan fingerprint density at radius 1 is 1.08 bits per heavy atom. The first-order valence-corrected chi connectivity index (χ1v) is 9.40. The van der Waals surface area contributed by atoms with Crippen LogP contribution in [0.15, 0.2) is 54.6 Å². The first-order valence-electron chi connectivity index (χ1n) is 7.79. The van der Waals surface area contributed by atoms with Gasteiger partial charge < -0.3 is 4.74 Å². The zero-order chi connectivity index (χ0) is 18.8. The van der Waals surface area contributed by atoms with Gasteiger partial charge in [0.2, 0.25) is 10.0 Å². The number of nitrogens with zero attached hydrogens (tertiary/aromatic N) is 1. The van der Waals surface area contributed by atoms with E-state index in [9.17, 15) is 21.6 Å². The van der Waals surface area contributed by atoms with Gasteiger partial charge in [0, 0.05) is 0 Å². The van der Waals surface area contributed by atoms with Crippen LogP contribution in [0.4, 0.5) is 13.2 Å². The molecule has 2 aromatic rings. The van der Waals surface area contributed by atoms with Crippen molar-refractivity contribution in [3.63, 3.8) is 0 Å². The summed E-state index contributed by atoms with van der Waals surface area (Å²) in [5, 5.41) is 0. The van der Waals surface area contributed by atoms with Crippen molar-refractivity contribution in [2.24, 2.45) is 0 Å². The molecule has 0 aliphatic carbocycles. The summed E-state index contributed by atoms with van der Waals surface area (Å²) in [6.45, 7) is 0.275. The molecule has 0 N–H and O–H groups in total. The van der Waals surface area contributed by atoms with E-state index in [1.54, 1.807) is 0 Å². The number of benzene rings is 2. The minimum Gasteiger partial charge on any atom is -0.406 e. The fourth-order valence-corrected chi connectivity index (χ4v) is 4.34. The molecule has 1 fully saturated rings. The predicted molar refractivity (Wildman–Crippen MR) is 87.3 cm³/mol. The van der Waals surface area contributed by atoms with Crippen molar-refractivity contribution in [3.8, 4) is 5.75 Å². The van der Waals surface area contributed by atoms with Crippen LogP contribution in [0.5, 0.6) is 5.75 Å². The van der Waals surface area contributed by atoms with Gasteiger partial charge in [-0.3, -0.25) is 4.84 Å². The quantitative estimate of drug-likeness (QED) is 0.783. The van der Waals surface area contributed by atoms with E-state index in [4.69, 9.17) is 4.84 Å². The van der Waals surface area contributed by atoms with Crippen LogP contribution >= 0.6 is 0 Å². The van der Waals surface area contributed by atoms with Crippen LogP contribution in [-0.4, -0.2) is 25.9 Å². The Bertz CT molecular complexity index is 839. The molecule has 0 unspecified atom stereocenters. The molecule has 9 heteroatoms. The second-order valence-electron chi connectivity index (χ2n) is 5.75. The molecule has 26 heavy (non-hydrogen) atoms. The van der Waals surface area contributed by atoms with Gasteiger partial charge in [0.15, 0.2) is 0 Å². The summed E-state index contributed by atoms with van der Waals surface area (Å²) in [5.41, 5.74) is 1.16. The summed E-state index contributed by atoms with van der Waals surface area (Å²) in [7, 11) is -3.81. The molecule has 5 nitrogen and oxygen atoms in total. The maximum Gasteiger partial charge on any atom is 0.573 e. The fourth-order valence-electron chi connectivity index (χ4n) is 2.75. The molecule has 0 aromatic heterocycles. The van der Waals surface area contributed by atoms with E-state index >= 15 is 0 Å². The molecule has 140 valence electrons. The summed E-state index contributed by atoms with van der Waals surface area (Å²) in [4.78, 5) is 5.32. The second-order valence-corrected chi connectivity index (χ2v) is 7.56. The first kappa shape index (κ1) is 18.7. The first-order chi connectivity index (χ1) is 12.2.